The lowest BCUT2D eigenvalue weighted by Gasteiger charge is -2.27. The van der Waals surface area contributed by atoms with E-state index in [1.165, 1.54) is 18.1 Å². The lowest BCUT2D eigenvalue weighted by molar-refractivity contribution is -0.140. The first-order chi connectivity index (χ1) is 18.2. The smallest absolute Gasteiger partial charge is 0.295 e. The van der Waals surface area contributed by atoms with Crippen molar-refractivity contribution < 1.29 is 29.3 Å². The number of nitrogens with zero attached hydrogens (tertiary/aromatic N) is 2. The number of aromatic hydroxyl groups is 1. The van der Waals surface area contributed by atoms with Crippen LogP contribution >= 0.6 is 0 Å². The van der Waals surface area contributed by atoms with Crippen molar-refractivity contribution in [3.63, 3.8) is 0 Å². The van der Waals surface area contributed by atoms with E-state index in [0.29, 0.717) is 30.0 Å². The Kier molecular flexibility index (Phi) is 8.02. The van der Waals surface area contributed by atoms with Crippen molar-refractivity contribution in [1.29, 1.82) is 0 Å². The molecule has 3 aromatic carbocycles. The van der Waals surface area contributed by atoms with Crippen molar-refractivity contribution in [2.45, 2.75) is 19.6 Å². The topological polar surface area (TPSA) is 99.5 Å². The summed E-state index contributed by atoms with van der Waals surface area (Å²) in [5.41, 5.74) is 2.73. The molecular weight excluding hydrogens is 484 g/mol. The molecule has 1 aliphatic rings. The Labute approximate surface area is 222 Å². The molecule has 0 aromatic heterocycles. The number of carbonyl (C=O) groups excluding carboxylic acids is 2. The van der Waals surface area contributed by atoms with Crippen LogP contribution in [-0.4, -0.2) is 66.0 Å². The third kappa shape index (κ3) is 5.50. The highest BCUT2D eigenvalue weighted by Crippen LogP contribution is 2.42. The van der Waals surface area contributed by atoms with Gasteiger partial charge in [0.1, 0.15) is 18.1 Å². The zero-order valence-electron chi connectivity index (χ0n) is 22.0. The molecule has 1 aliphatic heterocycles. The second-order valence-corrected chi connectivity index (χ2v) is 9.48. The molecule has 38 heavy (non-hydrogen) atoms. The molecule has 0 saturated carbocycles. The fourth-order valence-corrected chi connectivity index (χ4v) is 4.48. The van der Waals surface area contributed by atoms with E-state index >= 15 is 0 Å². The lowest BCUT2D eigenvalue weighted by Crippen LogP contribution is -2.35. The van der Waals surface area contributed by atoms with Crippen molar-refractivity contribution in [2.24, 2.45) is 0 Å². The maximum absolute atomic E-state index is 13.3. The van der Waals surface area contributed by atoms with Gasteiger partial charge in [-0.1, -0.05) is 36.4 Å². The van der Waals surface area contributed by atoms with Crippen LogP contribution in [0.2, 0.25) is 0 Å². The van der Waals surface area contributed by atoms with Gasteiger partial charge in [0.05, 0.1) is 18.7 Å². The maximum Gasteiger partial charge on any atom is 0.295 e. The first-order valence-electron chi connectivity index (χ1n) is 12.3. The summed E-state index contributed by atoms with van der Waals surface area (Å²) in [6.07, 6.45) is 0. The van der Waals surface area contributed by atoms with Gasteiger partial charge < -0.3 is 29.5 Å². The molecular formula is C30H32N2O6. The number of likely N-dealkylation sites (tertiary alicyclic amines) is 1. The number of likely N-dealkylation sites (N-methyl/N-ethyl adjacent to an activating group) is 1. The van der Waals surface area contributed by atoms with E-state index in [4.69, 9.17) is 9.47 Å². The second kappa shape index (κ2) is 11.4. The van der Waals surface area contributed by atoms with Gasteiger partial charge >= 0.3 is 0 Å². The van der Waals surface area contributed by atoms with E-state index in [-0.39, 0.29) is 29.4 Å². The molecule has 1 heterocycles. The highest BCUT2D eigenvalue weighted by atomic mass is 16.5. The van der Waals surface area contributed by atoms with Crippen LogP contribution in [0.3, 0.4) is 0 Å². The van der Waals surface area contributed by atoms with E-state index in [2.05, 4.69) is 0 Å². The number of carbonyl (C=O) groups is 2. The maximum atomic E-state index is 13.3. The number of methoxy groups -OCH3 is 1. The Hall–Kier alpha value is -4.30. The van der Waals surface area contributed by atoms with E-state index in [0.717, 1.165) is 11.1 Å². The molecule has 0 unspecified atom stereocenters. The lowest BCUT2D eigenvalue weighted by atomic mass is 9.94. The van der Waals surface area contributed by atoms with E-state index in [9.17, 15) is 19.8 Å². The van der Waals surface area contributed by atoms with Gasteiger partial charge in [0.2, 0.25) is 0 Å². The van der Waals surface area contributed by atoms with Gasteiger partial charge in [-0.05, 0) is 68.0 Å². The Morgan fingerprint density at radius 1 is 1.00 bits per heavy atom. The summed E-state index contributed by atoms with van der Waals surface area (Å²) < 4.78 is 11.2. The van der Waals surface area contributed by atoms with E-state index in [1.54, 1.807) is 30.3 Å². The quantitative estimate of drug-likeness (QED) is 0.249. The Morgan fingerprint density at radius 3 is 2.39 bits per heavy atom. The van der Waals surface area contributed by atoms with Gasteiger partial charge in [0, 0.05) is 18.7 Å². The molecule has 0 aliphatic carbocycles. The van der Waals surface area contributed by atoms with Crippen molar-refractivity contribution in [2.75, 3.05) is 34.3 Å². The summed E-state index contributed by atoms with van der Waals surface area (Å²) >= 11 is 0. The molecule has 4 rings (SSSR count). The number of aryl methyl sites for hydroxylation is 1. The van der Waals surface area contributed by atoms with Crippen molar-refractivity contribution >= 4 is 17.4 Å². The van der Waals surface area contributed by atoms with E-state index in [1.807, 2.05) is 56.3 Å². The molecule has 8 heteroatoms. The van der Waals surface area contributed by atoms with Crippen LogP contribution in [0.4, 0.5) is 0 Å². The number of benzene rings is 3. The summed E-state index contributed by atoms with van der Waals surface area (Å²) in [6.45, 7) is 3.04. The molecule has 0 spiro atoms. The average molecular weight is 517 g/mol. The van der Waals surface area contributed by atoms with Gasteiger partial charge in [0.15, 0.2) is 11.5 Å². The number of hydrogen-bond acceptors (Lipinski definition) is 7. The number of hydrogen-bond donors (Lipinski definition) is 2. The number of ether oxygens (including phenoxy) is 2. The number of rotatable bonds is 9. The number of aliphatic hydroxyl groups excluding tert-OH is 1. The Morgan fingerprint density at radius 2 is 1.74 bits per heavy atom. The molecule has 3 aromatic rings. The summed E-state index contributed by atoms with van der Waals surface area (Å²) in [5.74, 6) is -0.938. The van der Waals surface area contributed by atoms with Gasteiger partial charge in [-0.3, -0.25) is 9.59 Å². The first-order valence-corrected chi connectivity index (χ1v) is 12.3. The monoisotopic (exact) mass is 516 g/mol. The number of phenols is 1. The molecule has 1 saturated heterocycles. The van der Waals surface area contributed by atoms with Crippen LogP contribution in [0.1, 0.15) is 28.3 Å². The van der Waals surface area contributed by atoms with Gasteiger partial charge in [-0.25, -0.2) is 0 Å². The Balaban J connectivity index is 1.73. The molecule has 198 valence electrons. The fourth-order valence-electron chi connectivity index (χ4n) is 4.48. The zero-order valence-corrected chi connectivity index (χ0v) is 22.0. The van der Waals surface area contributed by atoms with Crippen LogP contribution in [-0.2, 0) is 16.2 Å². The van der Waals surface area contributed by atoms with Gasteiger partial charge in [0.25, 0.3) is 11.7 Å². The van der Waals surface area contributed by atoms with Crippen molar-refractivity contribution in [1.82, 2.24) is 9.80 Å². The highest BCUT2D eigenvalue weighted by molar-refractivity contribution is 6.46. The minimum Gasteiger partial charge on any atom is -0.507 e. The summed E-state index contributed by atoms with van der Waals surface area (Å²) in [6, 6.07) is 18.7. The van der Waals surface area contributed by atoms with Crippen molar-refractivity contribution in [3.05, 3.63) is 94.6 Å². The van der Waals surface area contributed by atoms with Gasteiger partial charge in [-0.2, -0.15) is 0 Å². The van der Waals surface area contributed by atoms with Crippen LogP contribution in [0.5, 0.6) is 17.2 Å². The summed E-state index contributed by atoms with van der Waals surface area (Å²) in [7, 11) is 5.17. The fraction of sp³-hybridized carbons (Fsp3) is 0.267. The molecule has 2 N–H and O–H groups in total. The minimum atomic E-state index is -0.848. The summed E-state index contributed by atoms with van der Waals surface area (Å²) in [5, 5.41) is 21.5. The Bertz CT molecular complexity index is 1370. The molecule has 1 atom stereocenters. The summed E-state index contributed by atoms with van der Waals surface area (Å²) in [4.78, 5) is 29.7. The predicted octanol–water partition coefficient (Wildman–Crippen LogP) is 4.27. The largest absolute Gasteiger partial charge is 0.507 e. The SMILES string of the molecule is COc1cc([C@@H]2/C(=C(\O)c3ccc(OCc4ccccc4)c(C)c3)C(=O)C(=O)N2CCN(C)C)ccc1O. The highest BCUT2D eigenvalue weighted by Gasteiger charge is 2.46. The standard InChI is InChI=1S/C30H32N2O6/c1-19-16-22(11-13-24(19)38-18-20-8-6-5-7-9-20)28(34)26-27(21-10-12-23(33)25(17-21)37-4)32(15-14-31(2)3)30(36)29(26)35/h5-13,16-17,27,33-34H,14-15,18H2,1-4H3/b28-26+/t27-/m1/s1. The molecule has 8 nitrogen and oxygen atoms in total. The number of amides is 1. The predicted molar refractivity (Wildman–Crippen MR) is 144 cm³/mol. The average Bonchev–Trinajstić information content (AvgIpc) is 3.16. The second-order valence-electron chi connectivity index (χ2n) is 9.48. The number of Topliss-reactive ketones (excluding diaryl/α,β-unsaturated/α-hetero) is 1. The van der Waals surface area contributed by atoms with Crippen LogP contribution < -0.4 is 9.47 Å². The van der Waals surface area contributed by atoms with Crippen LogP contribution in [0.15, 0.2) is 72.3 Å². The number of aliphatic hydroxyl groups is 1. The molecule has 1 amide bonds. The minimum absolute atomic E-state index is 0.0150. The van der Waals surface area contributed by atoms with Gasteiger partial charge in [-0.15, -0.1) is 0 Å². The van der Waals surface area contributed by atoms with Crippen molar-refractivity contribution in [3.8, 4) is 17.2 Å². The van der Waals surface area contributed by atoms with Crippen LogP contribution in [0, 0.1) is 6.92 Å². The van der Waals surface area contributed by atoms with Crippen LogP contribution in [0.25, 0.3) is 5.76 Å². The number of ketones is 1. The normalized spacial score (nSPS) is 16.8. The zero-order chi connectivity index (χ0) is 27.4. The number of phenolic OH excluding ortho intramolecular Hbond substituents is 1. The molecule has 1 fully saturated rings. The first kappa shape index (κ1) is 26.8. The molecule has 0 radical (unpaired) electrons. The molecule has 0 bridgehead atoms. The third-order valence-corrected chi connectivity index (χ3v) is 6.53. The van der Waals surface area contributed by atoms with E-state index < -0.39 is 17.7 Å². The third-order valence-electron chi connectivity index (χ3n) is 6.53.